The predicted octanol–water partition coefficient (Wildman–Crippen LogP) is 2.52. The number of methoxy groups -OCH3 is 1. The second kappa shape index (κ2) is 4.55. The molecule has 1 N–H and O–H groups in total. The molecule has 1 rings (SSSR count). The van der Waals surface area contributed by atoms with Crippen LogP contribution < -0.4 is 4.74 Å². The summed E-state index contributed by atoms with van der Waals surface area (Å²) in [5.41, 5.74) is 1.13. The summed E-state index contributed by atoms with van der Waals surface area (Å²) in [6, 6.07) is 5.38. The van der Waals surface area contributed by atoms with Crippen molar-refractivity contribution in [3.8, 4) is 11.5 Å². The maximum Gasteiger partial charge on any atom is 0.160 e. The third-order valence-electron chi connectivity index (χ3n) is 1.83. The fourth-order valence-electron chi connectivity index (χ4n) is 1.10. The summed E-state index contributed by atoms with van der Waals surface area (Å²) in [5, 5.41) is 9.32. The molecular formula is C11H14O2. The molecule has 0 amide bonds. The van der Waals surface area contributed by atoms with Gasteiger partial charge in [-0.2, -0.15) is 0 Å². The van der Waals surface area contributed by atoms with Crippen LogP contribution in [0.25, 0.3) is 0 Å². The van der Waals surface area contributed by atoms with Crippen molar-refractivity contribution in [2.45, 2.75) is 13.3 Å². The minimum atomic E-state index is 0.187. The quantitative estimate of drug-likeness (QED) is 0.721. The third kappa shape index (κ3) is 2.51. The molecule has 0 aliphatic carbocycles. The molecule has 0 unspecified atom stereocenters. The van der Waals surface area contributed by atoms with Gasteiger partial charge < -0.3 is 9.84 Å². The molecule has 0 aliphatic rings. The molecule has 0 atom stereocenters. The number of hydrogen-bond acceptors (Lipinski definition) is 2. The van der Waals surface area contributed by atoms with E-state index in [1.165, 1.54) is 0 Å². The van der Waals surface area contributed by atoms with Gasteiger partial charge in [-0.3, -0.25) is 0 Å². The van der Waals surface area contributed by atoms with E-state index in [2.05, 4.69) is 6.08 Å². The Balaban J connectivity index is 2.86. The lowest BCUT2D eigenvalue weighted by Gasteiger charge is -2.04. The molecule has 0 fully saturated rings. The number of allylic oxidation sites excluding steroid dienone is 2. The Morgan fingerprint density at radius 2 is 2.23 bits per heavy atom. The van der Waals surface area contributed by atoms with Gasteiger partial charge in [0.25, 0.3) is 0 Å². The van der Waals surface area contributed by atoms with Crippen LogP contribution in [0.2, 0.25) is 0 Å². The van der Waals surface area contributed by atoms with E-state index in [0.717, 1.165) is 12.0 Å². The first-order chi connectivity index (χ1) is 6.27. The fraction of sp³-hybridized carbons (Fsp3) is 0.273. The van der Waals surface area contributed by atoms with Crippen molar-refractivity contribution < 1.29 is 9.84 Å². The first-order valence-corrected chi connectivity index (χ1v) is 4.25. The maximum atomic E-state index is 9.32. The molecule has 0 radical (unpaired) electrons. The minimum absolute atomic E-state index is 0.187. The van der Waals surface area contributed by atoms with Gasteiger partial charge in [0, 0.05) is 0 Å². The summed E-state index contributed by atoms with van der Waals surface area (Å²) in [4.78, 5) is 0. The summed E-state index contributed by atoms with van der Waals surface area (Å²) in [7, 11) is 1.55. The molecule has 0 saturated carbocycles. The second-order valence-corrected chi connectivity index (χ2v) is 2.78. The number of phenols is 1. The summed E-state index contributed by atoms with van der Waals surface area (Å²) in [5.74, 6) is 0.716. The summed E-state index contributed by atoms with van der Waals surface area (Å²) in [6.07, 6.45) is 4.93. The highest BCUT2D eigenvalue weighted by Gasteiger charge is 2.00. The smallest absolute Gasteiger partial charge is 0.160 e. The van der Waals surface area contributed by atoms with Crippen molar-refractivity contribution in [3.05, 3.63) is 35.9 Å². The molecule has 0 spiro atoms. The Morgan fingerprint density at radius 1 is 1.46 bits per heavy atom. The van der Waals surface area contributed by atoms with Crippen molar-refractivity contribution in [2.24, 2.45) is 0 Å². The first kappa shape index (κ1) is 9.65. The molecule has 2 heteroatoms. The first-order valence-electron chi connectivity index (χ1n) is 4.25. The van der Waals surface area contributed by atoms with E-state index < -0.39 is 0 Å². The number of ether oxygens (including phenoxy) is 1. The zero-order valence-electron chi connectivity index (χ0n) is 7.95. The van der Waals surface area contributed by atoms with Crippen LogP contribution in [0.3, 0.4) is 0 Å². The van der Waals surface area contributed by atoms with Gasteiger partial charge in [0.1, 0.15) is 0 Å². The SMILES string of the molecule is CC=CCc1ccc(O)c(OC)c1. The van der Waals surface area contributed by atoms with E-state index in [1.54, 1.807) is 13.2 Å². The minimum Gasteiger partial charge on any atom is -0.504 e. The highest BCUT2D eigenvalue weighted by atomic mass is 16.5. The number of rotatable bonds is 3. The van der Waals surface area contributed by atoms with Crippen LogP contribution >= 0.6 is 0 Å². The second-order valence-electron chi connectivity index (χ2n) is 2.78. The average molecular weight is 178 g/mol. The van der Waals surface area contributed by atoms with Gasteiger partial charge in [0.15, 0.2) is 11.5 Å². The number of aromatic hydroxyl groups is 1. The summed E-state index contributed by atoms with van der Waals surface area (Å²) < 4.78 is 4.99. The van der Waals surface area contributed by atoms with E-state index in [0.29, 0.717) is 5.75 Å². The van der Waals surface area contributed by atoms with Gasteiger partial charge in [0.05, 0.1) is 7.11 Å². The summed E-state index contributed by atoms with van der Waals surface area (Å²) >= 11 is 0. The Hall–Kier alpha value is -1.44. The van der Waals surface area contributed by atoms with Crippen molar-refractivity contribution in [3.63, 3.8) is 0 Å². The Kier molecular flexibility index (Phi) is 3.38. The van der Waals surface area contributed by atoms with Crippen LogP contribution in [0.4, 0.5) is 0 Å². The lowest BCUT2D eigenvalue weighted by atomic mass is 10.1. The van der Waals surface area contributed by atoms with E-state index in [9.17, 15) is 5.11 Å². The van der Waals surface area contributed by atoms with Gasteiger partial charge in [-0.1, -0.05) is 18.2 Å². The highest BCUT2D eigenvalue weighted by Crippen LogP contribution is 2.26. The van der Waals surface area contributed by atoms with Gasteiger partial charge in [-0.15, -0.1) is 0 Å². The van der Waals surface area contributed by atoms with E-state index >= 15 is 0 Å². The van der Waals surface area contributed by atoms with Crippen molar-refractivity contribution in [1.82, 2.24) is 0 Å². The molecule has 0 heterocycles. The lowest BCUT2D eigenvalue weighted by Crippen LogP contribution is -1.86. The van der Waals surface area contributed by atoms with Crippen molar-refractivity contribution >= 4 is 0 Å². The standard InChI is InChI=1S/C11H14O2/c1-3-4-5-9-6-7-10(12)11(8-9)13-2/h3-4,6-8,12H,5H2,1-2H3. The van der Waals surface area contributed by atoms with Crippen LogP contribution in [0.15, 0.2) is 30.4 Å². The monoisotopic (exact) mass is 178 g/mol. The zero-order chi connectivity index (χ0) is 9.68. The van der Waals surface area contributed by atoms with Crippen LogP contribution in [-0.4, -0.2) is 12.2 Å². The van der Waals surface area contributed by atoms with Gasteiger partial charge >= 0.3 is 0 Å². The van der Waals surface area contributed by atoms with Crippen LogP contribution in [-0.2, 0) is 6.42 Å². The molecule has 70 valence electrons. The third-order valence-corrected chi connectivity index (χ3v) is 1.83. The molecule has 0 saturated heterocycles. The number of benzene rings is 1. The summed E-state index contributed by atoms with van der Waals surface area (Å²) in [6.45, 7) is 1.98. The maximum absolute atomic E-state index is 9.32. The predicted molar refractivity (Wildman–Crippen MR) is 53.2 cm³/mol. The Labute approximate surface area is 78.5 Å². The fourth-order valence-corrected chi connectivity index (χ4v) is 1.10. The zero-order valence-corrected chi connectivity index (χ0v) is 7.95. The largest absolute Gasteiger partial charge is 0.504 e. The van der Waals surface area contributed by atoms with Crippen molar-refractivity contribution in [1.29, 1.82) is 0 Å². The number of phenolic OH excluding ortho intramolecular Hbond substituents is 1. The molecule has 2 nitrogen and oxygen atoms in total. The molecule has 0 bridgehead atoms. The van der Waals surface area contributed by atoms with E-state index in [-0.39, 0.29) is 5.75 Å². The normalized spacial score (nSPS) is 10.6. The molecule has 13 heavy (non-hydrogen) atoms. The molecule has 1 aromatic rings. The molecule has 1 aromatic carbocycles. The van der Waals surface area contributed by atoms with Crippen LogP contribution in [0.1, 0.15) is 12.5 Å². The number of hydrogen-bond donors (Lipinski definition) is 1. The Morgan fingerprint density at radius 3 is 2.85 bits per heavy atom. The van der Waals surface area contributed by atoms with Gasteiger partial charge in [0.2, 0.25) is 0 Å². The van der Waals surface area contributed by atoms with Crippen LogP contribution in [0, 0.1) is 0 Å². The highest BCUT2D eigenvalue weighted by molar-refractivity contribution is 5.42. The molecule has 0 aliphatic heterocycles. The van der Waals surface area contributed by atoms with Crippen LogP contribution in [0.5, 0.6) is 11.5 Å². The Bertz CT molecular complexity index is 303. The topological polar surface area (TPSA) is 29.5 Å². The van der Waals surface area contributed by atoms with Gasteiger partial charge in [-0.25, -0.2) is 0 Å². The van der Waals surface area contributed by atoms with Gasteiger partial charge in [-0.05, 0) is 31.0 Å². The lowest BCUT2D eigenvalue weighted by molar-refractivity contribution is 0.373. The van der Waals surface area contributed by atoms with E-state index in [4.69, 9.17) is 4.74 Å². The molecule has 0 aromatic heterocycles. The molecular weight excluding hydrogens is 164 g/mol. The average Bonchev–Trinajstić information content (AvgIpc) is 2.16. The van der Waals surface area contributed by atoms with E-state index in [1.807, 2.05) is 25.1 Å². The van der Waals surface area contributed by atoms with Crippen molar-refractivity contribution in [2.75, 3.05) is 7.11 Å².